The minimum Gasteiger partial charge on any atom is -0.479 e. The second kappa shape index (κ2) is 8.82. The molecule has 1 aromatic carbocycles. The molecular formula is C17H25NO5S. The molecular weight excluding hydrogens is 330 g/mol. The van der Waals surface area contributed by atoms with Gasteiger partial charge in [0, 0.05) is 0 Å². The van der Waals surface area contributed by atoms with Crippen LogP contribution >= 0.6 is 0 Å². The predicted octanol–water partition coefficient (Wildman–Crippen LogP) is 2.10. The Balaban J connectivity index is 2.92. The first-order valence-corrected chi connectivity index (χ1v) is 9.90. The fourth-order valence-electron chi connectivity index (χ4n) is 2.53. The van der Waals surface area contributed by atoms with Crippen LogP contribution in [0, 0.1) is 0 Å². The van der Waals surface area contributed by atoms with Gasteiger partial charge in [0.15, 0.2) is 15.4 Å². The Hall–Kier alpha value is -1.89. The van der Waals surface area contributed by atoms with Crippen molar-refractivity contribution in [3.05, 3.63) is 35.9 Å². The van der Waals surface area contributed by atoms with Gasteiger partial charge in [0.05, 0.1) is 5.75 Å². The first-order chi connectivity index (χ1) is 11.3. The van der Waals surface area contributed by atoms with Crippen LogP contribution in [0.3, 0.4) is 0 Å². The van der Waals surface area contributed by atoms with E-state index in [1.54, 1.807) is 37.3 Å². The number of hydrogen-bond donors (Lipinski definition) is 2. The van der Waals surface area contributed by atoms with Crippen molar-refractivity contribution in [3.8, 4) is 0 Å². The van der Waals surface area contributed by atoms with Crippen LogP contribution in [0.25, 0.3) is 0 Å². The number of carboxylic acids is 1. The first kappa shape index (κ1) is 20.2. The SMILES string of the molecule is CCCCCS(=O)(=O)CC(=O)NC(CC)(C(=O)O)c1ccccc1. The lowest BCUT2D eigenvalue weighted by molar-refractivity contribution is -0.148. The Kier molecular flexibility index (Phi) is 7.41. The van der Waals surface area contributed by atoms with E-state index >= 15 is 0 Å². The highest BCUT2D eigenvalue weighted by molar-refractivity contribution is 7.92. The van der Waals surface area contributed by atoms with Crippen molar-refractivity contribution in [1.29, 1.82) is 0 Å². The van der Waals surface area contributed by atoms with E-state index in [-0.39, 0.29) is 12.2 Å². The van der Waals surface area contributed by atoms with E-state index < -0.39 is 33.0 Å². The van der Waals surface area contributed by atoms with E-state index in [2.05, 4.69) is 5.32 Å². The second-order valence-corrected chi connectivity index (χ2v) is 7.96. The van der Waals surface area contributed by atoms with Gasteiger partial charge < -0.3 is 10.4 Å². The van der Waals surface area contributed by atoms with Crippen molar-refractivity contribution in [2.45, 2.75) is 45.1 Å². The predicted molar refractivity (Wildman–Crippen MR) is 92.4 cm³/mol. The molecule has 6 nitrogen and oxygen atoms in total. The van der Waals surface area contributed by atoms with E-state index in [0.717, 1.165) is 12.8 Å². The Morgan fingerprint density at radius 3 is 2.25 bits per heavy atom. The van der Waals surface area contributed by atoms with Crippen molar-refractivity contribution >= 4 is 21.7 Å². The molecule has 0 bridgehead atoms. The van der Waals surface area contributed by atoms with Crippen molar-refractivity contribution in [1.82, 2.24) is 5.32 Å². The molecule has 0 aliphatic carbocycles. The molecule has 24 heavy (non-hydrogen) atoms. The van der Waals surface area contributed by atoms with Gasteiger partial charge in [0.25, 0.3) is 0 Å². The van der Waals surface area contributed by atoms with Crippen molar-refractivity contribution in [2.24, 2.45) is 0 Å². The number of unbranched alkanes of at least 4 members (excludes halogenated alkanes) is 2. The molecule has 1 atom stereocenters. The molecule has 2 N–H and O–H groups in total. The molecule has 1 amide bonds. The molecule has 0 aliphatic heterocycles. The van der Waals surface area contributed by atoms with Gasteiger partial charge in [-0.25, -0.2) is 13.2 Å². The van der Waals surface area contributed by atoms with Gasteiger partial charge in [-0.2, -0.15) is 0 Å². The smallest absolute Gasteiger partial charge is 0.334 e. The summed E-state index contributed by atoms with van der Waals surface area (Å²) < 4.78 is 24.0. The standard InChI is InChI=1S/C17H25NO5S/c1-3-5-9-12-24(22,23)13-15(19)18-17(4-2,16(20)21)14-10-7-6-8-11-14/h6-8,10-11H,3-5,9,12-13H2,1-2H3,(H,18,19)(H,20,21). The highest BCUT2D eigenvalue weighted by Crippen LogP contribution is 2.25. The molecule has 1 rings (SSSR count). The molecule has 0 spiro atoms. The Bertz CT molecular complexity index is 657. The normalized spacial score (nSPS) is 13.9. The van der Waals surface area contributed by atoms with E-state index in [1.165, 1.54) is 0 Å². The van der Waals surface area contributed by atoms with Crippen LogP contribution in [0.1, 0.15) is 45.1 Å². The molecule has 0 saturated carbocycles. The summed E-state index contributed by atoms with van der Waals surface area (Å²) >= 11 is 0. The van der Waals surface area contributed by atoms with E-state index in [1.807, 2.05) is 6.92 Å². The summed E-state index contributed by atoms with van der Waals surface area (Å²) in [7, 11) is -3.55. The summed E-state index contributed by atoms with van der Waals surface area (Å²) in [5.74, 6) is -2.77. The van der Waals surface area contributed by atoms with E-state index in [4.69, 9.17) is 0 Å². The molecule has 0 heterocycles. The summed E-state index contributed by atoms with van der Waals surface area (Å²) in [6.45, 7) is 3.60. The molecule has 1 unspecified atom stereocenters. The molecule has 1 aromatic rings. The molecule has 0 aromatic heterocycles. The number of carboxylic acid groups (broad SMARTS) is 1. The number of benzene rings is 1. The summed E-state index contributed by atoms with van der Waals surface area (Å²) in [6, 6.07) is 8.31. The Labute approximate surface area is 143 Å². The van der Waals surface area contributed by atoms with Crippen LogP contribution in [-0.2, 0) is 25.0 Å². The number of hydrogen-bond acceptors (Lipinski definition) is 4. The van der Waals surface area contributed by atoms with Gasteiger partial charge >= 0.3 is 5.97 Å². The largest absolute Gasteiger partial charge is 0.479 e. The van der Waals surface area contributed by atoms with Crippen molar-refractivity contribution in [2.75, 3.05) is 11.5 Å². The zero-order valence-electron chi connectivity index (χ0n) is 14.1. The molecule has 0 aliphatic rings. The number of carbonyl (C=O) groups is 2. The lowest BCUT2D eigenvalue weighted by Crippen LogP contribution is -2.53. The van der Waals surface area contributed by atoms with Gasteiger partial charge in [-0.1, -0.05) is 57.0 Å². The maximum absolute atomic E-state index is 12.2. The summed E-state index contributed by atoms with van der Waals surface area (Å²) in [6.07, 6.45) is 2.27. The summed E-state index contributed by atoms with van der Waals surface area (Å²) in [5, 5.41) is 12.1. The number of amides is 1. The molecule has 0 saturated heterocycles. The van der Waals surface area contributed by atoms with E-state index in [9.17, 15) is 23.1 Å². The van der Waals surface area contributed by atoms with Gasteiger partial charge in [-0.15, -0.1) is 0 Å². The van der Waals surface area contributed by atoms with E-state index in [0.29, 0.717) is 12.0 Å². The van der Waals surface area contributed by atoms with Crippen LogP contribution in [0.5, 0.6) is 0 Å². The molecule has 0 fully saturated rings. The third kappa shape index (κ3) is 5.33. The third-order valence-electron chi connectivity index (χ3n) is 3.92. The number of nitrogens with one attached hydrogen (secondary N) is 1. The maximum Gasteiger partial charge on any atom is 0.334 e. The minimum atomic E-state index is -3.55. The molecule has 0 radical (unpaired) electrons. The first-order valence-electron chi connectivity index (χ1n) is 8.07. The lowest BCUT2D eigenvalue weighted by Gasteiger charge is -2.30. The van der Waals surface area contributed by atoms with Gasteiger partial charge in [-0.05, 0) is 18.4 Å². The fourth-order valence-corrected chi connectivity index (χ4v) is 3.79. The van der Waals surface area contributed by atoms with Crippen LogP contribution in [0.15, 0.2) is 30.3 Å². The van der Waals surface area contributed by atoms with Gasteiger partial charge in [0.2, 0.25) is 5.91 Å². The number of rotatable bonds is 10. The maximum atomic E-state index is 12.2. The Morgan fingerprint density at radius 2 is 1.75 bits per heavy atom. The fraction of sp³-hybridized carbons (Fsp3) is 0.529. The van der Waals surface area contributed by atoms with Crippen LogP contribution < -0.4 is 5.32 Å². The highest BCUT2D eigenvalue weighted by atomic mass is 32.2. The monoisotopic (exact) mass is 355 g/mol. The van der Waals surface area contributed by atoms with Crippen LogP contribution in [-0.4, -0.2) is 36.9 Å². The highest BCUT2D eigenvalue weighted by Gasteiger charge is 2.40. The minimum absolute atomic E-state index is 0.0637. The lowest BCUT2D eigenvalue weighted by atomic mass is 9.87. The summed E-state index contributed by atoms with van der Waals surface area (Å²) in [4.78, 5) is 24.0. The van der Waals surface area contributed by atoms with Gasteiger partial charge in [-0.3, -0.25) is 4.79 Å². The van der Waals surface area contributed by atoms with Crippen molar-refractivity contribution in [3.63, 3.8) is 0 Å². The Morgan fingerprint density at radius 1 is 1.12 bits per heavy atom. The molecule has 7 heteroatoms. The number of aliphatic carboxylic acids is 1. The number of sulfone groups is 1. The van der Waals surface area contributed by atoms with Crippen LogP contribution in [0.4, 0.5) is 0 Å². The average molecular weight is 355 g/mol. The quantitative estimate of drug-likeness (QED) is 0.626. The van der Waals surface area contributed by atoms with Crippen molar-refractivity contribution < 1.29 is 23.1 Å². The second-order valence-electron chi connectivity index (χ2n) is 5.78. The van der Waals surface area contributed by atoms with Crippen LogP contribution in [0.2, 0.25) is 0 Å². The molecule has 134 valence electrons. The number of carbonyl (C=O) groups excluding carboxylic acids is 1. The topological polar surface area (TPSA) is 101 Å². The zero-order chi connectivity index (χ0) is 18.2. The third-order valence-corrected chi connectivity index (χ3v) is 5.54. The summed E-state index contributed by atoms with van der Waals surface area (Å²) in [5.41, 5.74) is -1.21. The van der Waals surface area contributed by atoms with Gasteiger partial charge in [0.1, 0.15) is 5.75 Å². The zero-order valence-corrected chi connectivity index (χ0v) is 14.9. The average Bonchev–Trinajstić information content (AvgIpc) is 2.52.